The monoisotopic (exact) mass is 246 g/mol. The van der Waals surface area contributed by atoms with Crippen molar-refractivity contribution >= 4 is 28.3 Å². The second-order valence-electron chi connectivity index (χ2n) is 3.99. The molecule has 4 N–H and O–H groups in total. The summed E-state index contributed by atoms with van der Waals surface area (Å²) in [6.45, 7) is 2.00. The van der Waals surface area contributed by atoms with Gasteiger partial charge in [-0.05, 0) is 19.1 Å². The third-order valence-electron chi connectivity index (χ3n) is 2.83. The Hall–Kier alpha value is -1.94. The Bertz CT molecular complexity index is 696. The number of anilines is 1. The molecule has 0 radical (unpaired) electrons. The second kappa shape index (κ2) is 3.53. The van der Waals surface area contributed by atoms with Crippen molar-refractivity contribution in [1.29, 1.82) is 0 Å². The molecule has 86 valence electrons. The van der Waals surface area contributed by atoms with Gasteiger partial charge in [-0.1, -0.05) is 17.7 Å². The van der Waals surface area contributed by atoms with Gasteiger partial charge in [0.25, 0.3) is 0 Å². The van der Waals surface area contributed by atoms with E-state index in [1.807, 2.05) is 25.1 Å². The molecule has 17 heavy (non-hydrogen) atoms. The average molecular weight is 247 g/mol. The maximum absolute atomic E-state index is 6.25. The number of aromatic nitrogens is 3. The molecule has 0 aliphatic carbocycles. The number of rotatable bonds is 1. The summed E-state index contributed by atoms with van der Waals surface area (Å²) in [4.78, 5) is 3.30. The van der Waals surface area contributed by atoms with Gasteiger partial charge in [0.2, 0.25) is 0 Å². The minimum absolute atomic E-state index is 0.473. The molecule has 2 aromatic heterocycles. The Labute approximate surface area is 103 Å². The van der Waals surface area contributed by atoms with Crippen LogP contribution < -0.4 is 5.73 Å². The summed E-state index contributed by atoms with van der Waals surface area (Å²) >= 11 is 6.25. The van der Waals surface area contributed by atoms with Gasteiger partial charge < -0.3 is 10.7 Å². The zero-order valence-electron chi connectivity index (χ0n) is 9.21. The fraction of sp³-hybridized carbons (Fsp3) is 0.0833. The molecule has 0 spiro atoms. The van der Waals surface area contributed by atoms with E-state index in [2.05, 4.69) is 15.2 Å². The predicted octanol–water partition coefficient (Wildman–Crippen LogP) is 3.10. The Morgan fingerprint density at radius 1 is 1.35 bits per heavy atom. The highest BCUT2D eigenvalue weighted by Gasteiger charge is 2.14. The lowest BCUT2D eigenvalue weighted by Gasteiger charge is -1.99. The van der Waals surface area contributed by atoms with Crippen LogP contribution in [0, 0.1) is 6.92 Å². The molecule has 0 atom stereocenters. The van der Waals surface area contributed by atoms with Crippen LogP contribution in [0.2, 0.25) is 5.02 Å². The van der Waals surface area contributed by atoms with Crippen LogP contribution >= 0.6 is 11.6 Å². The van der Waals surface area contributed by atoms with E-state index in [1.54, 1.807) is 6.07 Å². The topological polar surface area (TPSA) is 70.5 Å². The molecule has 3 aromatic rings. The zero-order chi connectivity index (χ0) is 12.0. The summed E-state index contributed by atoms with van der Waals surface area (Å²) < 4.78 is 0. The lowest BCUT2D eigenvalue weighted by molar-refractivity contribution is 1.10. The summed E-state index contributed by atoms with van der Waals surface area (Å²) in [6.07, 6.45) is 0. The van der Waals surface area contributed by atoms with E-state index in [-0.39, 0.29) is 0 Å². The summed E-state index contributed by atoms with van der Waals surface area (Å²) in [5.41, 5.74) is 9.58. The minimum atomic E-state index is 0.473. The first-order chi connectivity index (χ1) is 8.16. The van der Waals surface area contributed by atoms with E-state index in [1.165, 1.54) is 0 Å². The van der Waals surface area contributed by atoms with E-state index in [0.29, 0.717) is 5.82 Å². The van der Waals surface area contributed by atoms with E-state index in [4.69, 9.17) is 17.3 Å². The quantitative estimate of drug-likeness (QED) is 0.617. The van der Waals surface area contributed by atoms with Gasteiger partial charge >= 0.3 is 0 Å². The van der Waals surface area contributed by atoms with E-state index in [9.17, 15) is 0 Å². The largest absolute Gasteiger partial charge is 0.382 e. The highest BCUT2D eigenvalue weighted by Crippen LogP contribution is 2.35. The molecular formula is C12H11ClN4. The number of hydrogen-bond donors (Lipinski definition) is 3. The van der Waals surface area contributed by atoms with Crippen molar-refractivity contribution in [1.82, 2.24) is 15.2 Å². The maximum Gasteiger partial charge on any atom is 0.145 e. The number of benzene rings is 1. The van der Waals surface area contributed by atoms with Crippen LogP contribution in [0.4, 0.5) is 5.82 Å². The molecule has 0 saturated heterocycles. The highest BCUT2D eigenvalue weighted by molar-refractivity contribution is 6.36. The van der Waals surface area contributed by atoms with Crippen LogP contribution in [0.15, 0.2) is 24.3 Å². The highest BCUT2D eigenvalue weighted by atomic mass is 35.5. The normalized spacial score (nSPS) is 11.2. The fourth-order valence-corrected chi connectivity index (χ4v) is 2.41. The van der Waals surface area contributed by atoms with Crippen LogP contribution in [0.1, 0.15) is 5.69 Å². The van der Waals surface area contributed by atoms with Gasteiger partial charge in [0.1, 0.15) is 5.82 Å². The van der Waals surface area contributed by atoms with Crippen LogP contribution in [0.3, 0.4) is 0 Å². The van der Waals surface area contributed by atoms with Gasteiger partial charge in [0.15, 0.2) is 0 Å². The van der Waals surface area contributed by atoms with Gasteiger partial charge in [-0.2, -0.15) is 5.10 Å². The standard InChI is InChI=1S/C12H11ClN4/c1-6-11(9-5-10(14)17-16-9)12-7(13)3-2-4-8(12)15-6/h2-5,15H,1H3,(H3,14,16,17). The molecule has 3 rings (SSSR count). The molecule has 0 fully saturated rings. The molecule has 0 amide bonds. The average Bonchev–Trinajstić information content (AvgIpc) is 2.82. The van der Waals surface area contributed by atoms with Crippen molar-refractivity contribution < 1.29 is 0 Å². The lowest BCUT2D eigenvalue weighted by Crippen LogP contribution is -1.81. The number of halogens is 1. The first-order valence-corrected chi connectivity index (χ1v) is 5.62. The maximum atomic E-state index is 6.25. The van der Waals surface area contributed by atoms with Gasteiger partial charge in [-0.25, -0.2) is 0 Å². The Balaban J connectivity index is 2.39. The number of nitrogens with zero attached hydrogens (tertiary/aromatic N) is 1. The SMILES string of the molecule is Cc1[nH]c2cccc(Cl)c2c1-c1cc(N)n[nH]1. The molecule has 0 aliphatic rings. The predicted molar refractivity (Wildman–Crippen MR) is 70.0 cm³/mol. The minimum Gasteiger partial charge on any atom is -0.382 e. The summed E-state index contributed by atoms with van der Waals surface area (Å²) in [7, 11) is 0. The number of aryl methyl sites for hydroxylation is 1. The summed E-state index contributed by atoms with van der Waals surface area (Å²) in [5.74, 6) is 0.473. The number of nitrogens with one attached hydrogen (secondary N) is 2. The smallest absolute Gasteiger partial charge is 0.145 e. The van der Waals surface area contributed by atoms with Crippen molar-refractivity contribution in [3.63, 3.8) is 0 Å². The third-order valence-corrected chi connectivity index (χ3v) is 3.14. The number of nitrogen functional groups attached to an aromatic ring is 1. The lowest BCUT2D eigenvalue weighted by atomic mass is 10.1. The number of H-pyrrole nitrogens is 2. The summed E-state index contributed by atoms with van der Waals surface area (Å²) in [6, 6.07) is 7.60. The molecule has 0 saturated carbocycles. The molecule has 1 aromatic carbocycles. The van der Waals surface area contributed by atoms with Gasteiger partial charge in [0, 0.05) is 28.2 Å². The zero-order valence-corrected chi connectivity index (χ0v) is 9.97. The van der Waals surface area contributed by atoms with Crippen LogP contribution in [0.5, 0.6) is 0 Å². The van der Waals surface area contributed by atoms with Crippen molar-refractivity contribution in [2.45, 2.75) is 6.92 Å². The Morgan fingerprint density at radius 2 is 2.18 bits per heavy atom. The molecule has 4 nitrogen and oxygen atoms in total. The van der Waals surface area contributed by atoms with Crippen LogP contribution in [-0.4, -0.2) is 15.2 Å². The van der Waals surface area contributed by atoms with Crippen molar-refractivity contribution in [2.75, 3.05) is 5.73 Å². The first kappa shape index (κ1) is 10.2. The second-order valence-corrected chi connectivity index (χ2v) is 4.40. The van der Waals surface area contributed by atoms with Gasteiger partial charge in [-0.15, -0.1) is 0 Å². The molecule has 0 unspecified atom stereocenters. The Kier molecular flexibility index (Phi) is 2.12. The fourth-order valence-electron chi connectivity index (χ4n) is 2.14. The number of hydrogen-bond acceptors (Lipinski definition) is 2. The third kappa shape index (κ3) is 1.49. The first-order valence-electron chi connectivity index (χ1n) is 5.25. The molecular weight excluding hydrogens is 236 g/mol. The van der Waals surface area contributed by atoms with Gasteiger partial charge in [0.05, 0.1) is 10.7 Å². The number of aromatic amines is 2. The van der Waals surface area contributed by atoms with E-state index >= 15 is 0 Å². The van der Waals surface area contributed by atoms with Crippen LogP contribution in [-0.2, 0) is 0 Å². The molecule has 2 heterocycles. The molecule has 5 heteroatoms. The van der Waals surface area contributed by atoms with Gasteiger partial charge in [-0.3, -0.25) is 5.10 Å². The van der Waals surface area contributed by atoms with Crippen molar-refractivity contribution in [3.8, 4) is 11.3 Å². The molecule has 0 aliphatic heterocycles. The van der Waals surface area contributed by atoms with Crippen LogP contribution in [0.25, 0.3) is 22.2 Å². The summed E-state index contributed by atoms with van der Waals surface area (Å²) in [5, 5.41) is 8.57. The van der Waals surface area contributed by atoms with Crippen molar-refractivity contribution in [2.24, 2.45) is 0 Å². The number of nitrogens with two attached hydrogens (primary N) is 1. The van der Waals surface area contributed by atoms with Crippen molar-refractivity contribution in [3.05, 3.63) is 35.0 Å². The molecule has 0 bridgehead atoms. The number of fused-ring (bicyclic) bond motifs is 1. The Morgan fingerprint density at radius 3 is 2.88 bits per heavy atom. The van der Waals surface area contributed by atoms with E-state index < -0.39 is 0 Å². The van der Waals surface area contributed by atoms with E-state index in [0.717, 1.165) is 32.9 Å².